The number of benzene rings is 2. The Balaban J connectivity index is 1.91. The fourth-order valence-electron chi connectivity index (χ4n) is 2.83. The number of carbonyl (C=O) groups is 1. The van der Waals surface area contributed by atoms with Crippen molar-refractivity contribution >= 4 is 45.1 Å². The van der Waals surface area contributed by atoms with Crippen LogP contribution in [0.3, 0.4) is 0 Å². The number of carbonyl (C=O) groups excluding carboxylic acids is 1. The molecule has 1 heterocycles. The first-order chi connectivity index (χ1) is 11.3. The van der Waals surface area contributed by atoms with Crippen molar-refractivity contribution in [2.75, 3.05) is 5.32 Å². The first-order valence-electron chi connectivity index (χ1n) is 7.93. The van der Waals surface area contributed by atoms with Crippen LogP contribution in [0.4, 0.5) is 5.69 Å². The number of fused-ring (bicyclic) bond motifs is 1. The molecular weight excluding hydrogens is 411 g/mol. The zero-order valence-electron chi connectivity index (χ0n) is 14.4. The highest BCUT2D eigenvalue weighted by molar-refractivity contribution is 14.1. The molecule has 0 aliphatic rings. The van der Waals surface area contributed by atoms with Crippen LogP contribution >= 0.6 is 22.6 Å². The van der Waals surface area contributed by atoms with Gasteiger partial charge in [-0.25, -0.2) is 0 Å². The highest BCUT2D eigenvalue weighted by Crippen LogP contribution is 2.27. The SMILES string of the molecule is Cn1cc(C(=O)Nc2ccc(C(C)(C)C)cc2)c2c(I)cccc21. The zero-order valence-corrected chi connectivity index (χ0v) is 16.5. The van der Waals surface area contributed by atoms with Gasteiger partial charge in [-0.3, -0.25) is 4.79 Å². The van der Waals surface area contributed by atoms with Gasteiger partial charge in [0.1, 0.15) is 0 Å². The van der Waals surface area contributed by atoms with Crippen molar-refractivity contribution in [2.24, 2.45) is 7.05 Å². The summed E-state index contributed by atoms with van der Waals surface area (Å²) in [6.45, 7) is 6.54. The topological polar surface area (TPSA) is 34.0 Å². The predicted molar refractivity (Wildman–Crippen MR) is 109 cm³/mol. The van der Waals surface area contributed by atoms with Crippen molar-refractivity contribution in [3.05, 3.63) is 63.4 Å². The number of rotatable bonds is 2. The third-order valence-corrected chi connectivity index (χ3v) is 5.12. The molecule has 1 N–H and O–H groups in total. The molecule has 0 spiro atoms. The first kappa shape index (κ1) is 17.0. The van der Waals surface area contributed by atoms with Gasteiger partial charge in [0.15, 0.2) is 0 Å². The Morgan fingerprint density at radius 3 is 2.38 bits per heavy atom. The summed E-state index contributed by atoms with van der Waals surface area (Å²) in [5.41, 5.74) is 3.94. The lowest BCUT2D eigenvalue weighted by Crippen LogP contribution is -2.13. The van der Waals surface area contributed by atoms with E-state index in [0.29, 0.717) is 5.56 Å². The minimum atomic E-state index is -0.0757. The monoisotopic (exact) mass is 432 g/mol. The Morgan fingerprint density at radius 1 is 1.08 bits per heavy atom. The normalized spacial score (nSPS) is 11.7. The average Bonchev–Trinajstić information content (AvgIpc) is 2.86. The van der Waals surface area contributed by atoms with Crippen LogP contribution in [0.15, 0.2) is 48.7 Å². The lowest BCUT2D eigenvalue weighted by atomic mass is 9.87. The standard InChI is InChI=1S/C20H21IN2O/c1-20(2,3)13-8-10-14(11-9-13)22-19(24)15-12-23(4)17-7-5-6-16(21)18(15)17/h5-12H,1-4H3,(H,22,24). The highest BCUT2D eigenvalue weighted by atomic mass is 127. The van der Waals surface area contributed by atoms with Crippen molar-refractivity contribution in [2.45, 2.75) is 26.2 Å². The minimum absolute atomic E-state index is 0.0757. The van der Waals surface area contributed by atoms with Gasteiger partial charge in [-0.1, -0.05) is 39.0 Å². The minimum Gasteiger partial charge on any atom is -0.350 e. The van der Waals surface area contributed by atoms with Crippen molar-refractivity contribution in [3.8, 4) is 0 Å². The molecule has 3 nitrogen and oxygen atoms in total. The summed E-state index contributed by atoms with van der Waals surface area (Å²) in [7, 11) is 1.97. The number of nitrogens with zero attached hydrogens (tertiary/aromatic N) is 1. The molecule has 3 rings (SSSR count). The Morgan fingerprint density at radius 2 is 1.75 bits per heavy atom. The van der Waals surface area contributed by atoms with Gasteiger partial charge in [0, 0.05) is 33.4 Å². The van der Waals surface area contributed by atoms with Crippen molar-refractivity contribution in [1.82, 2.24) is 4.57 Å². The molecule has 1 amide bonds. The highest BCUT2D eigenvalue weighted by Gasteiger charge is 2.17. The molecular formula is C20H21IN2O. The van der Waals surface area contributed by atoms with E-state index in [1.807, 2.05) is 48.1 Å². The molecule has 0 unspecified atom stereocenters. The van der Waals surface area contributed by atoms with Gasteiger partial charge in [-0.05, 0) is 57.8 Å². The second kappa shape index (κ2) is 6.24. The van der Waals surface area contributed by atoms with Crippen LogP contribution in [0, 0.1) is 3.57 Å². The van der Waals surface area contributed by atoms with Crippen molar-refractivity contribution in [3.63, 3.8) is 0 Å². The molecule has 124 valence electrons. The fraction of sp³-hybridized carbons (Fsp3) is 0.250. The molecule has 0 aliphatic heterocycles. The Labute approximate surface area is 156 Å². The van der Waals surface area contributed by atoms with E-state index < -0.39 is 0 Å². The second-order valence-electron chi connectivity index (χ2n) is 7.07. The average molecular weight is 432 g/mol. The lowest BCUT2D eigenvalue weighted by molar-refractivity contribution is 0.102. The maximum Gasteiger partial charge on any atom is 0.257 e. The third-order valence-electron chi connectivity index (χ3n) is 4.22. The molecule has 1 aromatic heterocycles. The Bertz CT molecular complexity index is 902. The summed E-state index contributed by atoms with van der Waals surface area (Å²) in [6.07, 6.45) is 1.89. The summed E-state index contributed by atoms with van der Waals surface area (Å²) in [4.78, 5) is 12.7. The van der Waals surface area contributed by atoms with Crippen LogP contribution < -0.4 is 5.32 Å². The van der Waals surface area contributed by atoms with Crippen LogP contribution in [0.2, 0.25) is 0 Å². The van der Waals surface area contributed by atoms with E-state index in [4.69, 9.17) is 0 Å². The molecule has 0 radical (unpaired) electrons. The summed E-state index contributed by atoms with van der Waals surface area (Å²) in [6, 6.07) is 14.1. The number of halogens is 1. The molecule has 0 saturated heterocycles. The van der Waals surface area contributed by atoms with Crippen LogP contribution in [0.1, 0.15) is 36.7 Å². The molecule has 0 saturated carbocycles. The molecule has 0 bridgehead atoms. The van der Waals surface area contributed by atoms with Crippen molar-refractivity contribution in [1.29, 1.82) is 0 Å². The van der Waals surface area contributed by atoms with E-state index in [2.05, 4.69) is 60.8 Å². The maximum absolute atomic E-state index is 12.7. The van der Waals surface area contributed by atoms with E-state index in [0.717, 1.165) is 20.2 Å². The number of anilines is 1. The largest absolute Gasteiger partial charge is 0.350 e. The molecule has 0 fully saturated rings. The van der Waals surface area contributed by atoms with Gasteiger partial charge in [-0.2, -0.15) is 0 Å². The summed E-state index contributed by atoms with van der Waals surface area (Å²) >= 11 is 2.28. The predicted octanol–water partition coefficient (Wildman–Crippen LogP) is 5.33. The fourth-order valence-corrected chi connectivity index (χ4v) is 3.60. The summed E-state index contributed by atoms with van der Waals surface area (Å²) in [5, 5.41) is 4.02. The number of amides is 1. The van der Waals surface area contributed by atoms with E-state index in [1.165, 1.54) is 5.56 Å². The Hall–Kier alpha value is -1.82. The van der Waals surface area contributed by atoms with Gasteiger partial charge in [0.25, 0.3) is 5.91 Å². The number of hydrogen-bond acceptors (Lipinski definition) is 1. The third kappa shape index (κ3) is 3.20. The van der Waals surface area contributed by atoms with Gasteiger partial charge in [-0.15, -0.1) is 0 Å². The van der Waals surface area contributed by atoms with Crippen LogP contribution in [0.25, 0.3) is 10.9 Å². The molecule has 0 aliphatic carbocycles. The summed E-state index contributed by atoms with van der Waals surface area (Å²) < 4.78 is 3.08. The van der Waals surface area contributed by atoms with Crippen LogP contribution in [0.5, 0.6) is 0 Å². The smallest absolute Gasteiger partial charge is 0.257 e. The van der Waals surface area contributed by atoms with E-state index in [-0.39, 0.29) is 11.3 Å². The first-order valence-corrected chi connectivity index (χ1v) is 9.00. The van der Waals surface area contributed by atoms with Gasteiger partial charge < -0.3 is 9.88 Å². The van der Waals surface area contributed by atoms with Gasteiger partial charge in [0.2, 0.25) is 0 Å². The number of hydrogen-bond donors (Lipinski definition) is 1. The van der Waals surface area contributed by atoms with E-state index in [9.17, 15) is 4.79 Å². The molecule has 3 aromatic rings. The Kier molecular flexibility index (Phi) is 4.42. The number of aromatic nitrogens is 1. The quantitative estimate of drug-likeness (QED) is 0.546. The zero-order chi connectivity index (χ0) is 17.5. The van der Waals surface area contributed by atoms with Crippen LogP contribution in [-0.4, -0.2) is 10.5 Å². The molecule has 2 aromatic carbocycles. The van der Waals surface area contributed by atoms with E-state index in [1.54, 1.807) is 0 Å². The molecule has 24 heavy (non-hydrogen) atoms. The second-order valence-corrected chi connectivity index (χ2v) is 8.23. The van der Waals surface area contributed by atoms with Gasteiger partial charge in [0.05, 0.1) is 5.56 Å². The maximum atomic E-state index is 12.7. The molecule has 4 heteroatoms. The summed E-state index contributed by atoms with van der Waals surface area (Å²) in [5.74, 6) is -0.0757. The number of aryl methyl sites for hydroxylation is 1. The van der Waals surface area contributed by atoms with Crippen molar-refractivity contribution < 1.29 is 4.79 Å². The van der Waals surface area contributed by atoms with E-state index >= 15 is 0 Å². The van der Waals surface area contributed by atoms with Crippen LogP contribution in [-0.2, 0) is 12.5 Å². The lowest BCUT2D eigenvalue weighted by Gasteiger charge is -2.19. The number of nitrogens with one attached hydrogen (secondary N) is 1. The molecule has 0 atom stereocenters. The van der Waals surface area contributed by atoms with Gasteiger partial charge >= 0.3 is 0 Å².